The van der Waals surface area contributed by atoms with Crippen molar-refractivity contribution in [3.8, 4) is 5.75 Å². The predicted octanol–water partition coefficient (Wildman–Crippen LogP) is -0.770. The van der Waals surface area contributed by atoms with E-state index in [1.165, 1.54) is 0 Å². The van der Waals surface area contributed by atoms with Crippen LogP contribution < -0.4 is 5.32 Å². The van der Waals surface area contributed by atoms with Gasteiger partial charge in [0.1, 0.15) is 0 Å². The van der Waals surface area contributed by atoms with E-state index in [0.717, 1.165) is 0 Å². The third-order valence-corrected chi connectivity index (χ3v) is 0.985. The van der Waals surface area contributed by atoms with E-state index in [0.29, 0.717) is 0 Å². The fraction of sp³-hybridized carbons (Fsp3) is 0.500. The van der Waals surface area contributed by atoms with Crippen molar-refractivity contribution >= 4 is 13.9 Å². The second-order valence-corrected chi connectivity index (χ2v) is 1.83. The van der Waals surface area contributed by atoms with Crippen LogP contribution >= 0.6 is 7.92 Å². The third kappa shape index (κ3) is 3.43. The molecule has 0 radical (unpaired) electrons. The Balaban J connectivity index is 3.91. The summed E-state index contributed by atoms with van der Waals surface area (Å²) in [7, 11) is -0.431. The number of rotatable bonds is 3. The molecular formula is C4H6NO4P. The van der Waals surface area contributed by atoms with E-state index in [1.807, 2.05) is 5.75 Å². The van der Waals surface area contributed by atoms with Crippen LogP contribution in [0, 0.1) is 5.75 Å². The summed E-state index contributed by atoms with van der Waals surface area (Å²) in [5.41, 5.74) is 0. The van der Waals surface area contributed by atoms with Crippen molar-refractivity contribution in [2.45, 2.75) is 6.04 Å². The Kier molecular flexibility index (Phi) is 4.89. The molecule has 6 heteroatoms. The summed E-state index contributed by atoms with van der Waals surface area (Å²) < 4.78 is 9.70. The van der Waals surface area contributed by atoms with Gasteiger partial charge >= 0.3 is 57.2 Å². The molecule has 3 N–H and O–H groups in total. The first-order chi connectivity index (χ1) is 4.72. The fourth-order valence-corrected chi connectivity index (χ4v) is 0.498. The molecule has 0 unspecified atom stereocenters. The van der Waals surface area contributed by atoms with Gasteiger partial charge in [-0.1, -0.05) is 0 Å². The van der Waals surface area contributed by atoms with Gasteiger partial charge in [0.25, 0.3) is 0 Å². The average Bonchev–Trinajstić information content (AvgIpc) is 1.89. The molecule has 0 amide bonds. The van der Waals surface area contributed by atoms with Crippen LogP contribution in [0.4, 0.5) is 0 Å². The van der Waals surface area contributed by atoms with Crippen LogP contribution in [0.2, 0.25) is 0 Å². The summed E-state index contributed by atoms with van der Waals surface area (Å²) in [4.78, 5) is 10.1. The number of carbonyl (C=O) groups is 1. The molecule has 1 atom stereocenters. The Labute approximate surface area is 58.2 Å². The first kappa shape index (κ1) is 9.40. The molecular weight excluding hydrogens is 157 g/mol. The topological polar surface area (TPSA) is 86.6 Å². The maximum atomic E-state index is 10.1. The molecule has 0 aliphatic rings. The molecule has 0 heterocycles. The molecule has 0 saturated heterocycles. The van der Waals surface area contributed by atoms with Crippen LogP contribution in [0.15, 0.2) is 0 Å². The molecule has 0 bridgehead atoms. The number of aliphatic carboxylic acids is 1. The van der Waals surface area contributed by atoms with Crippen molar-refractivity contribution in [1.82, 2.24) is 5.32 Å². The van der Waals surface area contributed by atoms with E-state index < -0.39 is 26.5 Å². The molecule has 0 aliphatic heterocycles. The number of hydrogen-bond acceptors (Lipinski definition) is 4. The Morgan fingerprint density at radius 3 is 2.70 bits per heavy atom. The van der Waals surface area contributed by atoms with E-state index in [-0.39, 0.29) is 0 Å². The molecule has 0 saturated carbocycles. The van der Waals surface area contributed by atoms with E-state index in [4.69, 9.17) is 10.2 Å². The van der Waals surface area contributed by atoms with Crippen LogP contribution in [0.1, 0.15) is 0 Å². The van der Waals surface area contributed by atoms with Crippen LogP contribution in [0.3, 0.4) is 0 Å². The van der Waals surface area contributed by atoms with Gasteiger partial charge in [-0.2, -0.15) is 0 Å². The molecule has 0 rings (SSSR count). The van der Waals surface area contributed by atoms with Gasteiger partial charge in [0.05, 0.1) is 0 Å². The van der Waals surface area contributed by atoms with Crippen LogP contribution in [0.5, 0.6) is 0 Å². The third-order valence-electron chi connectivity index (χ3n) is 0.765. The number of aliphatic hydroxyl groups excluding tert-OH is 1. The van der Waals surface area contributed by atoms with Gasteiger partial charge in [0.2, 0.25) is 0 Å². The van der Waals surface area contributed by atoms with Crippen LogP contribution in [0.25, 0.3) is 0 Å². The number of nitrogens with one attached hydrogen (secondary N) is 1. The SMILES string of the molecule is O=P#CN[C@@H](CO)C(=O)O. The summed E-state index contributed by atoms with van der Waals surface area (Å²) in [5.74, 6) is 0.797. The minimum atomic E-state index is -1.21. The molecule has 0 aromatic heterocycles. The monoisotopic (exact) mass is 163 g/mol. The summed E-state index contributed by atoms with van der Waals surface area (Å²) in [6, 6.07) is -1.12. The van der Waals surface area contributed by atoms with Gasteiger partial charge < -0.3 is 0 Å². The molecule has 0 spiro atoms. The molecule has 56 valence electrons. The summed E-state index contributed by atoms with van der Waals surface area (Å²) in [6.07, 6.45) is 0. The molecule has 10 heavy (non-hydrogen) atoms. The van der Waals surface area contributed by atoms with Gasteiger partial charge in [-0.25, -0.2) is 0 Å². The second-order valence-electron chi connectivity index (χ2n) is 1.42. The Morgan fingerprint density at radius 2 is 2.40 bits per heavy atom. The normalized spacial score (nSPS) is 11.7. The molecule has 0 aromatic carbocycles. The van der Waals surface area contributed by atoms with Gasteiger partial charge in [0, 0.05) is 0 Å². The molecule has 0 aliphatic carbocycles. The number of carboxylic acids is 1. The fourth-order valence-electron chi connectivity index (χ4n) is 0.290. The molecule has 5 nitrogen and oxygen atoms in total. The zero-order chi connectivity index (χ0) is 7.98. The standard InChI is InChI=1S/C4H6NO4P/c6-1-3(4(7)8)5-2-10-9/h3,5-6H,1H2,(H,7,8)/t3-/m0/s1. The van der Waals surface area contributed by atoms with Crippen molar-refractivity contribution in [1.29, 1.82) is 0 Å². The van der Waals surface area contributed by atoms with Crippen molar-refractivity contribution in [3.05, 3.63) is 0 Å². The average molecular weight is 163 g/mol. The van der Waals surface area contributed by atoms with Crippen molar-refractivity contribution in [2.75, 3.05) is 6.61 Å². The number of hydrogen-bond donors (Lipinski definition) is 3. The Bertz CT molecular complexity index is 208. The first-order valence-electron chi connectivity index (χ1n) is 2.39. The van der Waals surface area contributed by atoms with Gasteiger partial charge in [0.15, 0.2) is 0 Å². The van der Waals surface area contributed by atoms with E-state index in [2.05, 4.69) is 5.32 Å². The summed E-state index contributed by atoms with van der Waals surface area (Å²) in [6.45, 7) is -0.558. The van der Waals surface area contributed by atoms with E-state index >= 15 is 0 Å². The van der Waals surface area contributed by atoms with E-state index in [9.17, 15) is 9.36 Å². The van der Waals surface area contributed by atoms with E-state index in [1.54, 1.807) is 0 Å². The zero-order valence-corrected chi connectivity index (χ0v) is 5.84. The quantitative estimate of drug-likeness (QED) is 0.375. The summed E-state index contributed by atoms with van der Waals surface area (Å²) in [5, 5.41) is 18.7. The van der Waals surface area contributed by atoms with Gasteiger partial charge in [-0.3, -0.25) is 0 Å². The van der Waals surface area contributed by atoms with Crippen molar-refractivity contribution < 1.29 is 19.6 Å². The van der Waals surface area contributed by atoms with Crippen LogP contribution in [-0.4, -0.2) is 28.8 Å². The van der Waals surface area contributed by atoms with Gasteiger partial charge in [-0.05, 0) is 0 Å². The number of aliphatic hydroxyl groups is 1. The van der Waals surface area contributed by atoms with Crippen molar-refractivity contribution in [3.63, 3.8) is 0 Å². The summed E-state index contributed by atoms with van der Waals surface area (Å²) >= 11 is 0. The number of carboxylic acid groups (broad SMARTS) is 1. The maximum absolute atomic E-state index is 10.1. The molecule has 0 aromatic rings. The zero-order valence-electron chi connectivity index (χ0n) is 4.94. The Morgan fingerprint density at radius 1 is 1.80 bits per heavy atom. The molecule has 0 fully saturated rings. The second kappa shape index (κ2) is 5.21. The Hall–Kier alpha value is -0.600. The van der Waals surface area contributed by atoms with Gasteiger partial charge in [-0.15, -0.1) is 0 Å². The first-order valence-corrected chi connectivity index (χ1v) is 3.20. The predicted molar refractivity (Wildman–Crippen MR) is 33.1 cm³/mol. The van der Waals surface area contributed by atoms with Crippen LogP contribution in [-0.2, 0) is 9.36 Å². The minimum absolute atomic E-state index is 0.431. The van der Waals surface area contributed by atoms with Crippen molar-refractivity contribution in [2.24, 2.45) is 0 Å².